The molecule has 1 unspecified atom stereocenters. The second-order valence-corrected chi connectivity index (χ2v) is 12.5. The van der Waals surface area contributed by atoms with Gasteiger partial charge in [-0.05, 0) is 68.6 Å². The summed E-state index contributed by atoms with van der Waals surface area (Å²) in [4.78, 5) is 31.5. The number of thioether (sulfide) groups is 1. The summed E-state index contributed by atoms with van der Waals surface area (Å²) in [5.41, 5.74) is 2.61. The highest BCUT2D eigenvalue weighted by molar-refractivity contribution is 8.26. The number of carbonyl (C=O) groups is 1. The van der Waals surface area contributed by atoms with E-state index in [1.165, 1.54) is 17.3 Å². The van der Waals surface area contributed by atoms with Crippen LogP contribution in [0.15, 0.2) is 40.0 Å². The summed E-state index contributed by atoms with van der Waals surface area (Å²) < 4.78 is 8.03. The maximum Gasteiger partial charge on any atom is 0.270 e. The number of amides is 1. The number of nitrogens with zero attached hydrogens (tertiary/aromatic N) is 4. The minimum atomic E-state index is -0.258. The van der Waals surface area contributed by atoms with Gasteiger partial charge in [-0.15, -0.1) is 0 Å². The molecule has 3 aliphatic rings. The van der Waals surface area contributed by atoms with Gasteiger partial charge in [-0.25, -0.2) is 0 Å². The Labute approximate surface area is 245 Å². The average molecular weight is 577 g/mol. The third-order valence-corrected chi connectivity index (χ3v) is 9.51. The second-order valence-electron chi connectivity index (χ2n) is 10.9. The van der Waals surface area contributed by atoms with Crippen molar-refractivity contribution in [1.82, 2.24) is 9.47 Å². The number of anilines is 1. The molecule has 3 fully saturated rings. The first-order chi connectivity index (χ1) is 19.4. The molecule has 5 rings (SSSR count). The van der Waals surface area contributed by atoms with E-state index in [-0.39, 0.29) is 23.1 Å². The summed E-state index contributed by atoms with van der Waals surface area (Å²) in [5.74, 6) is 1.25. The molecular weight excluding hydrogens is 541 g/mol. The zero-order valence-corrected chi connectivity index (χ0v) is 24.9. The third kappa shape index (κ3) is 5.90. The van der Waals surface area contributed by atoms with E-state index in [4.69, 9.17) is 17.0 Å². The molecule has 1 aromatic heterocycles. The molecule has 7 nitrogen and oxygen atoms in total. The average Bonchev–Trinajstić information content (AvgIpc) is 3.57. The highest BCUT2D eigenvalue weighted by atomic mass is 32.2. The quantitative estimate of drug-likeness (QED) is 0.313. The van der Waals surface area contributed by atoms with Crippen molar-refractivity contribution in [3.63, 3.8) is 0 Å². The SMILES string of the molecule is CCCn1c(N2CCC(Cc3ccccc3)CC2)c(C=C2SC(=S)N(CC3CCCO3)C2=O)c(C)c(C#N)c1=O. The van der Waals surface area contributed by atoms with Gasteiger partial charge in [0.15, 0.2) is 0 Å². The molecule has 40 heavy (non-hydrogen) atoms. The molecule has 0 saturated carbocycles. The summed E-state index contributed by atoms with van der Waals surface area (Å²) in [6.07, 6.45) is 7.61. The predicted octanol–water partition coefficient (Wildman–Crippen LogP) is 5.28. The van der Waals surface area contributed by atoms with E-state index >= 15 is 0 Å². The van der Waals surface area contributed by atoms with Gasteiger partial charge in [0.1, 0.15) is 21.8 Å². The third-order valence-electron chi connectivity index (χ3n) is 8.13. The summed E-state index contributed by atoms with van der Waals surface area (Å²) in [5, 5.41) is 9.94. The number of aromatic nitrogens is 1. The maximum atomic E-state index is 13.5. The van der Waals surface area contributed by atoms with Crippen LogP contribution in [0.3, 0.4) is 0 Å². The van der Waals surface area contributed by atoms with Gasteiger partial charge in [0.25, 0.3) is 11.5 Å². The maximum absolute atomic E-state index is 13.5. The Bertz CT molecular complexity index is 1400. The van der Waals surface area contributed by atoms with Crippen molar-refractivity contribution in [2.75, 3.05) is 31.1 Å². The molecule has 210 valence electrons. The van der Waals surface area contributed by atoms with E-state index in [1.807, 2.05) is 26.0 Å². The van der Waals surface area contributed by atoms with E-state index in [2.05, 4.69) is 35.2 Å². The van der Waals surface area contributed by atoms with Crippen LogP contribution in [0.1, 0.15) is 61.3 Å². The van der Waals surface area contributed by atoms with Crippen LogP contribution < -0.4 is 10.5 Å². The van der Waals surface area contributed by atoms with E-state index in [1.54, 1.807) is 9.47 Å². The molecule has 0 bridgehead atoms. The van der Waals surface area contributed by atoms with Gasteiger partial charge in [0.05, 0.1) is 17.6 Å². The van der Waals surface area contributed by atoms with Gasteiger partial charge in [-0.1, -0.05) is 61.2 Å². The minimum Gasteiger partial charge on any atom is -0.376 e. The van der Waals surface area contributed by atoms with Crippen LogP contribution in [0.25, 0.3) is 6.08 Å². The van der Waals surface area contributed by atoms with Crippen LogP contribution in [0, 0.1) is 24.2 Å². The van der Waals surface area contributed by atoms with Crippen molar-refractivity contribution in [2.24, 2.45) is 5.92 Å². The molecule has 1 aromatic carbocycles. The Morgan fingerprint density at radius 1 is 1.18 bits per heavy atom. The molecule has 0 aliphatic carbocycles. The molecule has 4 heterocycles. The van der Waals surface area contributed by atoms with Crippen molar-refractivity contribution in [2.45, 2.75) is 65.0 Å². The summed E-state index contributed by atoms with van der Waals surface area (Å²) >= 11 is 6.88. The van der Waals surface area contributed by atoms with E-state index in [0.29, 0.717) is 33.8 Å². The van der Waals surface area contributed by atoms with Gasteiger partial charge >= 0.3 is 0 Å². The lowest BCUT2D eigenvalue weighted by Gasteiger charge is -2.36. The van der Waals surface area contributed by atoms with E-state index < -0.39 is 0 Å². The molecule has 1 atom stereocenters. The fourth-order valence-corrected chi connectivity index (χ4v) is 7.25. The van der Waals surface area contributed by atoms with Gasteiger partial charge in [-0.2, -0.15) is 5.26 Å². The lowest BCUT2D eigenvalue weighted by molar-refractivity contribution is -0.123. The fourth-order valence-electron chi connectivity index (χ4n) is 5.99. The number of ether oxygens (including phenoxy) is 1. The minimum absolute atomic E-state index is 0.00739. The predicted molar refractivity (Wildman–Crippen MR) is 164 cm³/mol. The molecule has 3 saturated heterocycles. The highest BCUT2D eigenvalue weighted by Crippen LogP contribution is 2.37. The number of rotatable bonds is 8. The summed E-state index contributed by atoms with van der Waals surface area (Å²) in [6, 6.07) is 12.7. The molecule has 0 N–H and O–H groups in total. The van der Waals surface area contributed by atoms with Gasteiger partial charge in [-0.3, -0.25) is 19.1 Å². The Morgan fingerprint density at radius 2 is 1.93 bits per heavy atom. The van der Waals surface area contributed by atoms with Crippen LogP contribution in [0.4, 0.5) is 5.82 Å². The van der Waals surface area contributed by atoms with Crippen LogP contribution in [-0.2, 0) is 22.5 Å². The normalized spacial score (nSPS) is 21.0. The molecule has 0 radical (unpaired) electrons. The van der Waals surface area contributed by atoms with Crippen molar-refractivity contribution >= 4 is 46.1 Å². The lowest BCUT2D eigenvalue weighted by Crippen LogP contribution is -2.40. The molecule has 9 heteroatoms. The van der Waals surface area contributed by atoms with Crippen molar-refractivity contribution in [3.05, 3.63) is 67.8 Å². The summed E-state index contributed by atoms with van der Waals surface area (Å²) in [6.45, 7) is 7.16. The van der Waals surface area contributed by atoms with Crippen LogP contribution in [-0.4, -0.2) is 52.0 Å². The topological polar surface area (TPSA) is 78.6 Å². The monoisotopic (exact) mass is 576 g/mol. The number of hydrogen-bond donors (Lipinski definition) is 0. The molecule has 0 spiro atoms. The number of hydrogen-bond acceptors (Lipinski definition) is 7. The van der Waals surface area contributed by atoms with Crippen LogP contribution >= 0.6 is 24.0 Å². The first-order valence-electron chi connectivity index (χ1n) is 14.2. The van der Waals surface area contributed by atoms with Crippen molar-refractivity contribution < 1.29 is 9.53 Å². The molecular formula is C31H36N4O3S2. The number of benzene rings is 1. The van der Waals surface area contributed by atoms with E-state index in [0.717, 1.165) is 69.6 Å². The second kappa shape index (κ2) is 12.7. The molecule has 1 amide bonds. The molecule has 2 aromatic rings. The van der Waals surface area contributed by atoms with E-state index in [9.17, 15) is 14.9 Å². The Morgan fingerprint density at radius 3 is 2.58 bits per heavy atom. The number of thiocarbonyl (C=S) groups is 1. The van der Waals surface area contributed by atoms with Gasteiger partial charge in [0.2, 0.25) is 0 Å². The summed E-state index contributed by atoms with van der Waals surface area (Å²) in [7, 11) is 0. The largest absolute Gasteiger partial charge is 0.376 e. The first-order valence-corrected chi connectivity index (χ1v) is 15.5. The number of piperidine rings is 1. The number of carbonyl (C=O) groups excluding carboxylic acids is 1. The number of nitriles is 1. The zero-order valence-electron chi connectivity index (χ0n) is 23.2. The van der Waals surface area contributed by atoms with Crippen molar-refractivity contribution in [1.29, 1.82) is 5.26 Å². The lowest BCUT2D eigenvalue weighted by atomic mass is 9.90. The first kappa shape index (κ1) is 28.6. The smallest absolute Gasteiger partial charge is 0.270 e. The highest BCUT2D eigenvalue weighted by Gasteiger charge is 2.36. The zero-order chi connectivity index (χ0) is 28.2. The molecule has 3 aliphatic heterocycles. The van der Waals surface area contributed by atoms with Crippen LogP contribution in [0.2, 0.25) is 0 Å². The van der Waals surface area contributed by atoms with Gasteiger partial charge in [0, 0.05) is 31.8 Å². The number of pyridine rings is 1. The fraction of sp³-hybridized carbons (Fsp3) is 0.484. The Hall–Kier alpha value is -2.93. The Balaban J connectivity index is 1.48. The standard InChI is InChI=1S/C31H36N4O3S2/c1-3-13-34-28(33-14-11-23(12-15-33)17-22-8-5-4-6-9-22)25(21(2)26(19-32)29(34)36)18-27-30(37)35(31(39)40-27)20-24-10-7-16-38-24/h4-6,8-9,18,23-24H,3,7,10-17,20H2,1-2H3. The van der Waals surface area contributed by atoms with Gasteiger partial charge < -0.3 is 9.64 Å². The van der Waals surface area contributed by atoms with Crippen LogP contribution in [0.5, 0.6) is 0 Å². The van der Waals surface area contributed by atoms with Crippen molar-refractivity contribution in [3.8, 4) is 6.07 Å². The Kier molecular flexibility index (Phi) is 9.09.